The molecule has 0 saturated carbocycles. The van der Waals surface area contributed by atoms with Crippen LogP contribution in [0.4, 0.5) is 17.6 Å². The Morgan fingerprint density at radius 3 is 1.00 bits per heavy atom. The summed E-state index contributed by atoms with van der Waals surface area (Å²) >= 11 is 0.975. The Balaban J connectivity index is 2.27. The van der Waals surface area contributed by atoms with Gasteiger partial charge in [0.2, 0.25) is 0 Å². The largest absolute Gasteiger partial charge is 0.240 e. The summed E-state index contributed by atoms with van der Waals surface area (Å²) in [4.78, 5) is 8.85. The van der Waals surface area contributed by atoms with Crippen LogP contribution in [0.25, 0.3) is 33.1 Å². The molecule has 0 aliphatic rings. The minimum atomic E-state index is -2.27. The quantitative estimate of drug-likeness (QED) is 0.0512. The highest BCUT2D eigenvalue weighted by Crippen LogP contribution is 2.43. The SMILES string of the molecule is CC(C)[Si](C#Cc1c2nsnc2c(C#C[Si](C(C)C)(C(C)C)C(C)C)c2nc3c(F)c(F)c(F)c(F)c3nc12)(C(C)C)C(C)C. The van der Waals surface area contributed by atoms with Crippen molar-refractivity contribution in [1.29, 1.82) is 0 Å². The highest BCUT2D eigenvalue weighted by molar-refractivity contribution is 7.00. The molecule has 4 nitrogen and oxygen atoms in total. The summed E-state index contributed by atoms with van der Waals surface area (Å²) in [5.41, 5.74) is 9.67. The third-order valence-corrected chi connectivity index (χ3v) is 23.0. The lowest BCUT2D eigenvalue weighted by molar-refractivity contribution is 0.416. The molecular formula is C34H42F4N4SSi2. The van der Waals surface area contributed by atoms with Gasteiger partial charge in [-0.1, -0.05) is 94.9 Å². The summed E-state index contributed by atoms with van der Waals surface area (Å²) < 4.78 is 68.3. The zero-order valence-electron chi connectivity index (χ0n) is 28.2. The number of fused-ring (bicyclic) bond motifs is 3. The third kappa shape index (κ3) is 5.49. The molecule has 4 rings (SSSR count). The monoisotopic (exact) mass is 670 g/mol. The van der Waals surface area contributed by atoms with Crippen molar-refractivity contribution in [3.05, 3.63) is 34.4 Å². The molecule has 4 aromatic rings. The molecule has 0 N–H and O–H groups in total. The average Bonchev–Trinajstić information content (AvgIpc) is 3.44. The van der Waals surface area contributed by atoms with E-state index in [1.807, 2.05) is 0 Å². The van der Waals surface area contributed by atoms with E-state index < -0.39 is 50.5 Å². The maximum absolute atomic E-state index is 15.2. The van der Waals surface area contributed by atoms with Gasteiger partial charge in [0.15, 0.2) is 23.3 Å². The first-order valence-corrected chi connectivity index (χ1v) is 20.8. The van der Waals surface area contributed by atoms with Crippen molar-refractivity contribution in [3.63, 3.8) is 0 Å². The predicted octanol–water partition coefficient (Wildman–Crippen LogP) is 10.5. The van der Waals surface area contributed by atoms with Crippen LogP contribution < -0.4 is 0 Å². The van der Waals surface area contributed by atoms with Crippen molar-refractivity contribution in [1.82, 2.24) is 18.7 Å². The van der Waals surface area contributed by atoms with Crippen LogP contribution in [-0.4, -0.2) is 34.9 Å². The number of benzene rings is 2. The zero-order valence-corrected chi connectivity index (χ0v) is 31.0. The first-order chi connectivity index (χ1) is 20.9. The Morgan fingerprint density at radius 1 is 0.444 bits per heavy atom. The van der Waals surface area contributed by atoms with Gasteiger partial charge in [-0.3, -0.25) is 0 Å². The van der Waals surface area contributed by atoms with Crippen LogP contribution in [-0.2, 0) is 0 Å². The Labute approximate surface area is 270 Å². The molecule has 0 atom stereocenters. The highest BCUT2D eigenvalue weighted by Gasteiger charge is 2.43. The van der Waals surface area contributed by atoms with E-state index in [4.69, 9.17) is 0 Å². The van der Waals surface area contributed by atoms with E-state index in [9.17, 15) is 8.78 Å². The Hall–Kier alpha value is -2.87. The second-order valence-electron chi connectivity index (χ2n) is 13.9. The van der Waals surface area contributed by atoms with Gasteiger partial charge in [0.05, 0.1) is 22.9 Å². The fourth-order valence-electron chi connectivity index (χ4n) is 7.68. The van der Waals surface area contributed by atoms with Crippen LogP contribution in [0.2, 0.25) is 33.2 Å². The summed E-state index contributed by atoms with van der Waals surface area (Å²) in [5.74, 6) is -0.356. The lowest BCUT2D eigenvalue weighted by Gasteiger charge is -2.38. The topological polar surface area (TPSA) is 51.6 Å². The lowest BCUT2D eigenvalue weighted by atomic mass is 10.0. The summed E-state index contributed by atoms with van der Waals surface area (Å²) in [6, 6.07) is 0. The number of hydrogen-bond acceptors (Lipinski definition) is 5. The number of hydrogen-bond donors (Lipinski definition) is 0. The molecule has 0 spiro atoms. The fraction of sp³-hybridized carbons (Fsp3) is 0.529. The lowest BCUT2D eigenvalue weighted by Crippen LogP contribution is -2.43. The summed E-state index contributed by atoms with van der Waals surface area (Å²) in [6.45, 7) is 26.3. The van der Waals surface area contributed by atoms with Crippen LogP contribution in [0.5, 0.6) is 0 Å². The highest BCUT2D eigenvalue weighted by atomic mass is 32.1. The van der Waals surface area contributed by atoms with E-state index in [0.717, 1.165) is 11.7 Å². The molecule has 240 valence electrons. The van der Waals surface area contributed by atoms with E-state index >= 15 is 8.78 Å². The first kappa shape index (κ1) is 35.0. The molecule has 45 heavy (non-hydrogen) atoms. The maximum atomic E-state index is 15.2. The summed E-state index contributed by atoms with van der Waals surface area (Å²) in [7, 11) is -4.53. The van der Waals surface area contributed by atoms with Crippen molar-refractivity contribution >= 4 is 61.0 Å². The predicted molar refractivity (Wildman–Crippen MR) is 184 cm³/mol. The Bertz CT molecular complexity index is 1730. The third-order valence-electron chi connectivity index (χ3n) is 9.87. The van der Waals surface area contributed by atoms with E-state index in [1.54, 1.807) is 0 Å². The van der Waals surface area contributed by atoms with E-state index in [1.165, 1.54) is 0 Å². The number of halogens is 4. The number of rotatable bonds is 6. The standard InChI is InChI=1S/C34H42F4N4SSi2/c1-17(2)44(18(3)4,19(5)6)15-13-23-29-30(40-34-28(38)26(36)25(35)27(37)33(34)39-29)24(32-31(23)41-43-42-32)14-16-45(20(7)8,21(9)10)22(11)12/h17-22H,1-12H3. The smallest absolute Gasteiger partial charge is 0.199 e. The average molecular weight is 671 g/mol. The number of nitrogens with zero attached hydrogens (tertiary/aromatic N) is 4. The molecule has 0 fully saturated rings. The molecule has 2 heterocycles. The maximum Gasteiger partial charge on any atom is 0.199 e. The van der Waals surface area contributed by atoms with Crippen LogP contribution in [0, 0.1) is 46.2 Å². The van der Waals surface area contributed by atoms with Crippen molar-refractivity contribution in [2.45, 2.75) is 116 Å². The number of aromatic nitrogens is 4. The van der Waals surface area contributed by atoms with Gasteiger partial charge in [-0.2, -0.15) is 8.75 Å². The summed E-state index contributed by atoms with van der Waals surface area (Å²) in [5, 5.41) is 0. The molecule has 2 aromatic carbocycles. The molecule has 0 unspecified atom stereocenters. The minimum absolute atomic E-state index is 0.119. The van der Waals surface area contributed by atoms with Crippen molar-refractivity contribution in [3.8, 4) is 22.9 Å². The summed E-state index contributed by atoms with van der Waals surface area (Å²) in [6.07, 6.45) is 0. The molecule has 2 aromatic heterocycles. The van der Waals surface area contributed by atoms with Gasteiger partial charge in [0, 0.05) is 0 Å². The van der Waals surface area contributed by atoms with Gasteiger partial charge in [-0.15, -0.1) is 11.1 Å². The van der Waals surface area contributed by atoms with E-state index in [2.05, 4.69) is 125 Å². The van der Waals surface area contributed by atoms with Crippen LogP contribution in [0.3, 0.4) is 0 Å². The molecule has 11 heteroatoms. The van der Waals surface area contributed by atoms with Gasteiger partial charge in [-0.25, -0.2) is 27.5 Å². The second kappa shape index (κ2) is 12.7. The van der Waals surface area contributed by atoms with Gasteiger partial charge in [0.1, 0.15) is 49.2 Å². The molecule has 0 amide bonds. The second-order valence-corrected chi connectivity index (χ2v) is 25.6. The molecule has 0 saturated heterocycles. The molecule has 0 radical (unpaired) electrons. The molecule has 0 bridgehead atoms. The van der Waals surface area contributed by atoms with Crippen molar-refractivity contribution in [2.24, 2.45) is 0 Å². The molecule has 0 aliphatic carbocycles. The van der Waals surface area contributed by atoms with Gasteiger partial charge in [-0.05, 0) is 33.2 Å². The van der Waals surface area contributed by atoms with Crippen molar-refractivity contribution in [2.75, 3.05) is 0 Å². The Morgan fingerprint density at radius 2 is 0.733 bits per heavy atom. The van der Waals surface area contributed by atoms with E-state index in [0.29, 0.717) is 55.4 Å². The van der Waals surface area contributed by atoms with Gasteiger partial charge in [0.25, 0.3) is 0 Å². The first-order valence-electron chi connectivity index (χ1n) is 15.6. The van der Waals surface area contributed by atoms with Crippen LogP contribution in [0.1, 0.15) is 94.2 Å². The van der Waals surface area contributed by atoms with Gasteiger partial charge >= 0.3 is 0 Å². The normalized spacial score (nSPS) is 12.8. The minimum Gasteiger partial charge on any atom is -0.240 e. The van der Waals surface area contributed by atoms with Gasteiger partial charge < -0.3 is 0 Å². The van der Waals surface area contributed by atoms with Crippen LogP contribution >= 0.6 is 11.7 Å². The zero-order chi connectivity index (χ0) is 33.8. The Kier molecular flexibility index (Phi) is 9.90. The molecule has 0 aliphatic heterocycles. The fourth-order valence-corrected chi connectivity index (χ4v) is 18.7. The van der Waals surface area contributed by atoms with Crippen molar-refractivity contribution < 1.29 is 17.6 Å². The van der Waals surface area contributed by atoms with Crippen LogP contribution in [0.15, 0.2) is 0 Å². The molecular weight excluding hydrogens is 629 g/mol. The van der Waals surface area contributed by atoms with E-state index in [-0.39, 0.29) is 11.0 Å².